The molecule has 1 atom stereocenters. The highest BCUT2D eigenvalue weighted by Gasteiger charge is 2.28. The van der Waals surface area contributed by atoms with Crippen LogP contribution in [-0.2, 0) is 11.2 Å². The molecule has 96 valence electrons. The van der Waals surface area contributed by atoms with Gasteiger partial charge in [0.2, 0.25) is 0 Å². The molecular weight excluding hydrogens is 232 g/mol. The Kier molecular flexibility index (Phi) is 4.17. The van der Waals surface area contributed by atoms with Crippen molar-refractivity contribution in [1.82, 2.24) is 10.3 Å². The highest BCUT2D eigenvalue weighted by Crippen LogP contribution is 2.23. The second kappa shape index (κ2) is 5.46. The Morgan fingerprint density at radius 2 is 2.41 bits per heavy atom. The van der Waals surface area contributed by atoms with Gasteiger partial charge in [-0.05, 0) is 33.6 Å². The van der Waals surface area contributed by atoms with Crippen LogP contribution in [0.1, 0.15) is 37.4 Å². The SMILES string of the molecule is Cc1nc(CCNC2CCOC(C)(C)C2)cs1. The van der Waals surface area contributed by atoms with E-state index >= 15 is 0 Å². The minimum absolute atomic E-state index is 0.0349. The first-order chi connectivity index (χ1) is 8.05. The molecular formula is C13H22N2OS. The molecule has 0 bridgehead atoms. The molecule has 1 aliphatic heterocycles. The molecule has 0 radical (unpaired) electrons. The third-order valence-corrected chi connectivity index (χ3v) is 4.00. The van der Waals surface area contributed by atoms with Crippen molar-refractivity contribution in [3.63, 3.8) is 0 Å². The summed E-state index contributed by atoms with van der Waals surface area (Å²) in [4.78, 5) is 4.48. The molecule has 17 heavy (non-hydrogen) atoms. The van der Waals surface area contributed by atoms with Gasteiger partial charge in [-0.25, -0.2) is 4.98 Å². The molecule has 2 rings (SSSR count). The van der Waals surface area contributed by atoms with Gasteiger partial charge in [-0.3, -0.25) is 0 Å². The lowest BCUT2D eigenvalue weighted by Crippen LogP contribution is -2.44. The summed E-state index contributed by atoms with van der Waals surface area (Å²) < 4.78 is 5.71. The summed E-state index contributed by atoms with van der Waals surface area (Å²) in [6.45, 7) is 8.29. The number of hydrogen-bond acceptors (Lipinski definition) is 4. The van der Waals surface area contributed by atoms with Crippen LogP contribution in [0.5, 0.6) is 0 Å². The number of aromatic nitrogens is 1. The van der Waals surface area contributed by atoms with Gasteiger partial charge in [0.1, 0.15) is 0 Å². The molecule has 0 aromatic carbocycles. The molecule has 0 aliphatic carbocycles. The van der Waals surface area contributed by atoms with Crippen LogP contribution in [0, 0.1) is 6.92 Å². The molecule has 4 heteroatoms. The van der Waals surface area contributed by atoms with E-state index in [2.05, 4.69) is 36.5 Å². The maximum Gasteiger partial charge on any atom is 0.0897 e. The largest absolute Gasteiger partial charge is 0.375 e. The molecule has 0 amide bonds. The van der Waals surface area contributed by atoms with Crippen LogP contribution < -0.4 is 5.32 Å². The zero-order chi connectivity index (χ0) is 12.3. The van der Waals surface area contributed by atoms with Crippen molar-refractivity contribution in [3.8, 4) is 0 Å². The molecule has 0 saturated carbocycles. The normalized spacial score (nSPS) is 23.8. The molecule has 2 heterocycles. The third-order valence-electron chi connectivity index (χ3n) is 3.18. The summed E-state index contributed by atoms with van der Waals surface area (Å²) in [5.41, 5.74) is 1.25. The van der Waals surface area contributed by atoms with E-state index in [-0.39, 0.29) is 5.60 Å². The summed E-state index contributed by atoms with van der Waals surface area (Å²) in [6.07, 6.45) is 3.25. The standard InChI is InChI=1S/C13H22N2OS/c1-10-15-12(9-17-10)4-6-14-11-5-7-16-13(2,3)8-11/h9,11,14H,4-8H2,1-3H3. The van der Waals surface area contributed by atoms with E-state index < -0.39 is 0 Å². The summed E-state index contributed by atoms with van der Waals surface area (Å²) in [5, 5.41) is 6.94. The van der Waals surface area contributed by atoms with Crippen LogP contribution in [0.15, 0.2) is 5.38 Å². The quantitative estimate of drug-likeness (QED) is 0.896. The number of thiazole rings is 1. The van der Waals surface area contributed by atoms with E-state index in [1.807, 2.05) is 0 Å². The van der Waals surface area contributed by atoms with Crippen molar-refractivity contribution in [2.24, 2.45) is 0 Å². The average molecular weight is 254 g/mol. The summed E-state index contributed by atoms with van der Waals surface area (Å²) >= 11 is 1.73. The third kappa shape index (κ3) is 4.05. The fourth-order valence-corrected chi connectivity index (χ4v) is 2.98. The van der Waals surface area contributed by atoms with Gasteiger partial charge in [-0.1, -0.05) is 0 Å². The number of nitrogens with zero attached hydrogens (tertiary/aromatic N) is 1. The Hall–Kier alpha value is -0.450. The van der Waals surface area contributed by atoms with Gasteiger partial charge in [0.05, 0.1) is 16.3 Å². The molecule has 1 aromatic heterocycles. The van der Waals surface area contributed by atoms with Crippen LogP contribution in [0.2, 0.25) is 0 Å². The first-order valence-electron chi connectivity index (χ1n) is 6.33. The number of hydrogen-bond donors (Lipinski definition) is 1. The highest BCUT2D eigenvalue weighted by molar-refractivity contribution is 7.09. The van der Waals surface area contributed by atoms with Crippen molar-refractivity contribution in [2.75, 3.05) is 13.2 Å². The Morgan fingerprint density at radius 3 is 3.06 bits per heavy atom. The Morgan fingerprint density at radius 1 is 1.59 bits per heavy atom. The lowest BCUT2D eigenvalue weighted by molar-refractivity contribution is -0.0627. The van der Waals surface area contributed by atoms with Crippen LogP contribution in [0.25, 0.3) is 0 Å². The van der Waals surface area contributed by atoms with Crippen molar-refractivity contribution in [2.45, 2.75) is 51.7 Å². The minimum atomic E-state index is 0.0349. The van der Waals surface area contributed by atoms with E-state index in [9.17, 15) is 0 Å². The van der Waals surface area contributed by atoms with Gasteiger partial charge in [0, 0.05) is 31.0 Å². The van der Waals surface area contributed by atoms with Gasteiger partial charge < -0.3 is 10.1 Å². The first kappa shape index (κ1) is 13.0. The predicted molar refractivity (Wildman–Crippen MR) is 71.6 cm³/mol. The second-order valence-corrected chi connectivity index (χ2v) is 6.42. The fraction of sp³-hybridized carbons (Fsp3) is 0.769. The smallest absolute Gasteiger partial charge is 0.0897 e. The first-order valence-corrected chi connectivity index (χ1v) is 7.21. The van der Waals surface area contributed by atoms with Crippen molar-refractivity contribution in [3.05, 3.63) is 16.1 Å². The maximum absolute atomic E-state index is 5.71. The van der Waals surface area contributed by atoms with E-state index in [4.69, 9.17) is 4.74 Å². The number of aryl methyl sites for hydroxylation is 1. The van der Waals surface area contributed by atoms with Crippen molar-refractivity contribution < 1.29 is 4.74 Å². The highest BCUT2D eigenvalue weighted by atomic mass is 32.1. The Balaban J connectivity index is 1.71. The predicted octanol–water partition coefficient (Wildman–Crippen LogP) is 2.54. The lowest BCUT2D eigenvalue weighted by atomic mass is 9.94. The second-order valence-electron chi connectivity index (χ2n) is 5.36. The number of rotatable bonds is 4. The number of ether oxygens (including phenoxy) is 1. The summed E-state index contributed by atoms with van der Waals surface area (Å²) in [5.74, 6) is 0. The van der Waals surface area contributed by atoms with E-state index in [1.165, 1.54) is 5.69 Å². The molecule has 1 N–H and O–H groups in total. The molecule has 1 saturated heterocycles. The van der Waals surface area contributed by atoms with Gasteiger partial charge in [0.25, 0.3) is 0 Å². The zero-order valence-corrected chi connectivity index (χ0v) is 11.8. The van der Waals surface area contributed by atoms with Gasteiger partial charge in [-0.15, -0.1) is 11.3 Å². The zero-order valence-electron chi connectivity index (χ0n) is 11.0. The van der Waals surface area contributed by atoms with Crippen LogP contribution in [0.4, 0.5) is 0 Å². The van der Waals surface area contributed by atoms with Gasteiger partial charge in [0.15, 0.2) is 0 Å². The van der Waals surface area contributed by atoms with E-state index in [0.29, 0.717) is 6.04 Å². The van der Waals surface area contributed by atoms with E-state index in [0.717, 1.165) is 37.4 Å². The van der Waals surface area contributed by atoms with Crippen molar-refractivity contribution >= 4 is 11.3 Å². The number of nitrogens with one attached hydrogen (secondary N) is 1. The minimum Gasteiger partial charge on any atom is -0.375 e. The van der Waals surface area contributed by atoms with Crippen molar-refractivity contribution in [1.29, 1.82) is 0 Å². The van der Waals surface area contributed by atoms with Crippen LogP contribution in [-0.4, -0.2) is 29.8 Å². The Labute approximate surface area is 108 Å². The average Bonchev–Trinajstić information content (AvgIpc) is 2.63. The topological polar surface area (TPSA) is 34.2 Å². The molecule has 1 unspecified atom stereocenters. The monoisotopic (exact) mass is 254 g/mol. The Bertz CT molecular complexity index is 362. The molecule has 0 spiro atoms. The molecule has 1 fully saturated rings. The van der Waals surface area contributed by atoms with E-state index in [1.54, 1.807) is 11.3 Å². The maximum atomic E-state index is 5.71. The van der Waals surface area contributed by atoms with Crippen LogP contribution >= 0.6 is 11.3 Å². The molecule has 1 aliphatic rings. The summed E-state index contributed by atoms with van der Waals surface area (Å²) in [6, 6.07) is 0.596. The van der Waals surface area contributed by atoms with Crippen LogP contribution in [0.3, 0.4) is 0 Å². The lowest BCUT2D eigenvalue weighted by Gasteiger charge is -2.36. The fourth-order valence-electron chi connectivity index (χ4n) is 2.33. The van der Waals surface area contributed by atoms with Gasteiger partial charge in [-0.2, -0.15) is 0 Å². The summed E-state index contributed by atoms with van der Waals surface area (Å²) in [7, 11) is 0. The van der Waals surface area contributed by atoms with Gasteiger partial charge >= 0.3 is 0 Å². The molecule has 1 aromatic rings. The molecule has 3 nitrogen and oxygen atoms in total.